The third-order valence-electron chi connectivity index (χ3n) is 8.38. The predicted molar refractivity (Wildman–Crippen MR) is 199 cm³/mol. The largest absolute Gasteiger partial charge is 0.557 e. The first kappa shape index (κ1) is 29.1. The summed E-state index contributed by atoms with van der Waals surface area (Å²) in [5.74, 6) is 0.807. The van der Waals surface area contributed by atoms with Gasteiger partial charge in [0, 0.05) is 53.4 Å². The van der Waals surface area contributed by atoms with Gasteiger partial charge < -0.3 is 14.0 Å². The summed E-state index contributed by atoms with van der Waals surface area (Å²) >= 11 is 0. The first-order valence-corrected chi connectivity index (χ1v) is 16.0. The molecule has 0 saturated heterocycles. The second kappa shape index (κ2) is 14.7. The zero-order valence-electron chi connectivity index (χ0n) is 29.7. The Bertz CT molecular complexity index is 2540. The Balaban J connectivity index is 0.000000216. The van der Waals surface area contributed by atoms with E-state index in [0.29, 0.717) is 0 Å². The van der Waals surface area contributed by atoms with Crippen LogP contribution in [0.15, 0.2) is 174 Å². The number of hydrogen-bond donors (Lipinski definition) is 0. The van der Waals surface area contributed by atoms with Crippen molar-refractivity contribution in [1.29, 1.82) is 0 Å². The fraction of sp³-hybridized carbons (Fsp3) is 0.0222. The molecule has 50 heavy (non-hydrogen) atoms. The number of aromatic nitrogens is 3. The third kappa shape index (κ3) is 6.45. The molecule has 6 aromatic carbocycles. The van der Waals surface area contributed by atoms with Crippen LogP contribution in [0.2, 0.25) is 0 Å². The van der Waals surface area contributed by atoms with Crippen molar-refractivity contribution in [3.05, 3.63) is 188 Å². The van der Waals surface area contributed by atoms with E-state index in [1.54, 1.807) is 18.2 Å². The molecule has 1 radical (unpaired) electrons. The molecule has 0 fully saturated rings. The van der Waals surface area contributed by atoms with Gasteiger partial charge in [-0.05, 0) is 41.4 Å². The summed E-state index contributed by atoms with van der Waals surface area (Å²) in [4.78, 5) is 9.25. The number of hydrogen-bond acceptors (Lipinski definition) is 3. The van der Waals surface area contributed by atoms with Gasteiger partial charge in [0.05, 0.1) is 22.5 Å². The minimum atomic E-state index is -2.09. The van der Waals surface area contributed by atoms with Crippen molar-refractivity contribution in [2.75, 3.05) is 0 Å². The third-order valence-corrected chi connectivity index (χ3v) is 8.38. The number of imidazole rings is 1. The SMILES string of the molecule is [2H]C([2H])([2H])c1ccc(-c2[c-]cccc2)nc1.[Ir].[c-]1oc2ccccc2c1-c1nc2ccccc2n1-c1c(-c2ccccc2)cccc1-c1ccccc1. The number of pyridine rings is 1. The van der Waals surface area contributed by atoms with E-state index in [2.05, 4.69) is 125 Å². The Morgan fingerprint density at radius 2 is 1.34 bits per heavy atom. The molecular weight excluding hydrogens is 791 g/mol. The Labute approximate surface area is 309 Å². The number of furan rings is 1. The molecule has 0 saturated carbocycles. The smallest absolute Gasteiger partial charge is 0.0774 e. The standard InChI is InChI=1S/C33H21N2O.C12H10N.Ir/c1-3-12-23(13-4-1)25-17-11-18-26(24-14-5-2-6-15-24)32(25)35-30-20-9-8-19-29(30)34-33(35)28-22-36-31-21-10-7-16-27(28)31;1-10-7-8-12(13-9-10)11-5-3-2-4-6-11;/h1-21H;2-5,7-9H,1H3;/q2*-1;/i;1D3;. The van der Waals surface area contributed by atoms with Crippen LogP contribution in [0.5, 0.6) is 0 Å². The minimum Gasteiger partial charge on any atom is -0.557 e. The van der Waals surface area contributed by atoms with E-state index in [1.807, 2.05) is 42.5 Å². The molecule has 243 valence electrons. The summed E-state index contributed by atoms with van der Waals surface area (Å²) in [6.07, 6.45) is 4.55. The van der Waals surface area contributed by atoms with Gasteiger partial charge in [-0.2, -0.15) is 0 Å². The van der Waals surface area contributed by atoms with Crippen LogP contribution in [-0.2, 0) is 20.1 Å². The molecule has 0 atom stereocenters. The second-order valence-corrected chi connectivity index (χ2v) is 11.5. The van der Waals surface area contributed by atoms with Crippen molar-refractivity contribution in [2.45, 2.75) is 6.85 Å². The van der Waals surface area contributed by atoms with E-state index in [0.717, 1.165) is 72.6 Å². The summed E-state index contributed by atoms with van der Waals surface area (Å²) < 4.78 is 29.8. The molecule has 0 aliphatic rings. The van der Waals surface area contributed by atoms with Gasteiger partial charge in [-0.1, -0.05) is 132 Å². The number of fused-ring (bicyclic) bond motifs is 2. The molecule has 4 nitrogen and oxygen atoms in total. The molecule has 0 aliphatic heterocycles. The zero-order valence-corrected chi connectivity index (χ0v) is 29.1. The molecule has 9 rings (SSSR count). The number of aryl methyl sites for hydroxylation is 1. The number of rotatable bonds is 5. The quantitative estimate of drug-likeness (QED) is 0.162. The summed E-state index contributed by atoms with van der Waals surface area (Å²) in [6.45, 7) is -2.09. The number of para-hydroxylation sites is 4. The molecular formula is C45H31IrN3O-2. The van der Waals surface area contributed by atoms with E-state index in [1.165, 1.54) is 6.20 Å². The van der Waals surface area contributed by atoms with Crippen molar-refractivity contribution in [3.8, 4) is 50.6 Å². The van der Waals surface area contributed by atoms with Crippen molar-refractivity contribution >= 4 is 22.0 Å². The maximum atomic E-state index is 7.23. The van der Waals surface area contributed by atoms with Crippen molar-refractivity contribution < 1.29 is 28.6 Å². The van der Waals surface area contributed by atoms with Crippen molar-refractivity contribution in [3.63, 3.8) is 0 Å². The minimum absolute atomic E-state index is 0. The summed E-state index contributed by atoms with van der Waals surface area (Å²) in [5, 5.41) is 0.993. The monoisotopic (exact) mass is 825 g/mol. The Morgan fingerprint density at radius 1 is 0.660 bits per heavy atom. The molecule has 3 aromatic heterocycles. The molecule has 0 bridgehead atoms. The van der Waals surface area contributed by atoms with Gasteiger partial charge in [0.25, 0.3) is 0 Å². The van der Waals surface area contributed by atoms with E-state index in [-0.39, 0.29) is 25.7 Å². The van der Waals surface area contributed by atoms with Crippen LogP contribution >= 0.6 is 0 Å². The van der Waals surface area contributed by atoms with Gasteiger partial charge in [0.2, 0.25) is 0 Å². The maximum Gasteiger partial charge on any atom is 0.0774 e. The van der Waals surface area contributed by atoms with Crippen LogP contribution < -0.4 is 0 Å². The van der Waals surface area contributed by atoms with Crippen molar-refractivity contribution in [1.82, 2.24) is 14.5 Å². The van der Waals surface area contributed by atoms with E-state index >= 15 is 0 Å². The summed E-state index contributed by atoms with van der Waals surface area (Å²) in [5.41, 5.74) is 11.1. The van der Waals surface area contributed by atoms with Crippen molar-refractivity contribution in [2.24, 2.45) is 0 Å². The summed E-state index contributed by atoms with van der Waals surface area (Å²) in [7, 11) is 0. The first-order chi connectivity index (χ1) is 25.5. The molecule has 0 spiro atoms. The van der Waals surface area contributed by atoms with Gasteiger partial charge in [0.15, 0.2) is 0 Å². The summed E-state index contributed by atoms with van der Waals surface area (Å²) in [6, 6.07) is 57.7. The van der Waals surface area contributed by atoms with E-state index < -0.39 is 6.85 Å². The predicted octanol–water partition coefficient (Wildman–Crippen LogP) is 11.4. The fourth-order valence-corrected chi connectivity index (χ4v) is 6.10. The van der Waals surface area contributed by atoms with Gasteiger partial charge in [0.1, 0.15) is 0 Å². The number of benzene rings is 6. The zero-order chi connectivity index (χ0) is 35.5. The second-order valence-electron chi connectivity index (χ2n) is 11.5. The van der Waals surface area contributed by atoms with Gasteiger partial charge in [-0.15, -0.1) is 42.0 Å². The molecule has 0 aliphatic carbocycles. The molecule has 5 heteroatoms. The first-order valence-electron chi connectivity index (χ1n) is 17.5. The molecule has 9 aromatic rings. The Kier molecular flexibility index (Phi) is 8.56. The van der Waals surface area contributed by atoms with Crippen LogP contribution in [0.4, 0.5) is 0 Å². The Morgan fingerprint density at radius 3 is 2.02 bits per heavy atom. The van der Waals surface area contributed by atoms with Gasteiger partial charge >= 0.3 is 0 Å². The number of nitrogens with zero attached hydrogens (tertiary/aromatic N) is 3. The fourth-order valence-electron chi connectivity index (χ4n) is 6.10. The maximum absolute atomic E-state index is 7.23. The normalized spacial score (nSPS) is 11.9. The van der Waals surface area contributed by atoms with Crippen LogP contribution in [0.3, 0.4) is 0 Å². The van der Waals surface area contributed by atoms with Crippen LogP contribution in [0.25, 0.3) is 72.6 Å². The van der Waals surface area contributed by atoms with E-state index in [9.17, 15) is 0 Å². The van der Waals surface area contributed by atoms with Crippen LogP contribution in [0, 0.1) is 19.2 Å². The van der Waals surface area contributed by atoms with Gasteiger partial charge in [-0.25, -0.2) is 0 Å². The molecule has 0 amide bonds. The Hall–Kier alpha value is -5.87. The van der Waals surface area contributed by atoms with Crippen LogP contribution in [0.1, 0.15) is 9.68 Å². The van der Waals surface area contributed by atoms with E-state index in [4.69, 9.17) is 13.5 Å². The topological polar surface area (TPSA) is 43.9 Å². The van der Waals surface area contributed by atoms with Gasteiger partial charge in [-0.3, -0.25) is 4.98 Å². The average Bonchev–Trinajstić information content (AvgIpc) is 3.80. The molecule has 0 N–H and O–H groups in total. The average molecular weight is 825 g/mol. The van der Waals surface area contributed by atoms with Crippen LogP contribution in [-0.4, -0.2) is 14.5 Å². The molecule has 0 unspecified atom stereocenters. The molecule has 3 heterocycles.